The molecule has 4 rings (SSSR count). The van der Waals surface area contributed by atoms with Crippen molar-refractivity contribution in [1.82, 2.24) is 4.31 Å². The fraction of sp³-hybridized carbons (Fsp3) is 0.333. The minimum atomic E-state index is -3.66. The number of halogens is 2. The van der Waals surface area contributed by atoms with Gasteiger partial charge in [-0.2, -0.15) is 4.31 Å². The van der Waals surface area contributed by atoms with E-state index in [-0.39, 0.29) is 17.0 Å². The topological polar surface area (TPSA) is 86.8 Å². The molecule has 0 saturated carbocycles. The van der Waals surface area contributed by atoms with Gasteiger partial charge in [0.05, 0.1) is 10.6 Å². The van der Waals surface area contributed by atoms with Crippen LogP contribution in [0.5, 0.6) is 0 Å². The number of rotatable bonds is 4. The number of nitrogens with zero attached hydrogens (tertiary/aromatic N) is 2. The molecule has 0 bridgehead atoms. The van der Waals surface area contributed by atoms with Crippen molar-refractivity contribution in [3.05, 3.63) is 53.6 Å². The minimum absolute atomic E-state index is 0.0566. The Labute approximate surface area is 178 Å². The highest BCUT2D eigenvalue weighted by molar-refractivity contribution is 7.89. The smallest absolute Gasteiger partial charge is 0.247 e. The summed E-state index contributed by atoms with van der Waals surface area (Å²) in [7, 11) is -3.66. The molecule has 0 unspecified atom stereocenters. The number of hydrogen-bond acceptors (Lipinski definition) is 4. The predicted octanol–water partition coefficient (Wildman–Crippen LogP) is 2.67. The molecule has 2 aromatic rings. The molecular weight excluding hydrogens is 428 g/mol. The Morgan fingerprint density at radius 1 is 1.06 bits per heavy atom. The highest BCUT2D eigenvalue weighted by Crippen LogP contribution is 2.35. The van der Waals surface area contributed by atoms with Crippen LogP contribution in [-0.2, 0) is 26.0 Å². The summed E-state index contributed by atoms with van der Waals surface area (Å²) in [6, 6.07) is 6.08. The molecule has 7 nitrogen and oxygen atoms in total. The van der Waals surface area contributed by atoms with Gasteiger partial charge in [-0.1, -0.05) is 0 Å². The molecule has 31 heavy (non-hydrogen) atoms. The molecule has 10 heteroatoms. The van der Waals surface area contributed by atoms with E-state index in [1.165, 1.54) is 34.3 Å². The molecule has 2 aliphatic rings. The van der Waals surface area contributed by atoms with Crippen LogP contribution in [0.15, 0.2) is 41.3 Å². The van der Waals surface area contributed by atoms with Crippen molar-refractivity contribution in [2.75, 3.05) is 23.3 Å². The molecule has 1 N–H and O–H groups in total. The lowest BCUT2D eigenvalue weighted by Crippen LogP contribution is -2.44. The molecule has 1 saturated heterocycles. The maximum absolute atomic E-state index is 13.9. The Balaban J connectivity index is 1.63. The average Bonchev–Trinajstić information content (AvgIpc) is 3.38. The maximum Gasteiger partial charge on any atom is 0.247 e. The Kier molecular flexibility index (Phi) is 5.52. The first-order chi connectivity index (χ1) is 14.7. The third-order valence-corrected chi connectivity index (χ3v) is 7.46. The summed E-state index contributed by atoms with van der Waals surface area (Å²) in [6.45, 7) is 2.21. The summed E-state index contributed by atoms with van der Waals surface area (Å²) in [6.07, 6.45) is 1.67. The predicted molar refractivity (Wildman–Crippen MR) is 110 cm³/mol. The van der Waals surface area contributed by atoms with Crippen LogP contribution in [0.25, 0.3) is 0 Å². The van der Waals surface area contributed by atoms with Crippen LogP contribution in [-0.4, -0.2) is 43.7 Å². The van der Waals surface area contributed by atoms with Gasteiger partial charge in [0.15, 0.2) is 0 Å². The van der Waals surface area contributed by atoms with Crippen molar-refractivity contribution < 1.29 is 26.8 Å². The lowest BCUT2D eigenvalue weighted by molar-refractivity contribution is -0.122. The fourth-order valence-electron chi connectivity index (χ4n) is 4.07. The lowest BCUT2D eigenvalue weighted by Gasteiger charge is -2.23. The second kappa shape index (κ2) is 8.01. The molecule has 0 radical (unpaired) electrons. The van der Waals surface area contributed by atoms with Gasteiger partial charge in [0.25, 0.3) is 0 Å². The third-order valence-electron chi connectivity index (χ3n) is 5.57. The van der Waals surface area contributed by atoms with E-state index >= 15 is 0 Å². The van der Waals surface area contributed by atoms with Crippen molar-refractivity contribution in [1.29, 1.82) is 0 Å². The van der Waals surface area contributed by atoms with Crippen molar-refractivity contribution in [2.45, 2.75) is 37.1 Å². The highest BCUT2D eigenvalue weighted by Gasteiger charge is 2.38. The Bertz CT molecular complexity index is 1160. The first kappa shape index (κ1) is 21.4. The number of fused-ring (bicyclic) bond motifs is 1. The largest absolute Gasteiger partial charge is 0.322 e. The SMILES string of the molecule is CC(=O)N1c2ccc(S(=O)(=O)N3CCCC3)cc2C[C@H]1C(=O)Nc1cc(F)ccc1F. The molecule has 0 spiro atoms. The molecule has 1 atom stereocenters. The van der Waals surface area contributed by atoms with E-state index in [2.05, 4.69) is 5.32 Å². The van der Waals surface area contributed by atoms with E-state index in [1.54, 1.807) is 0 Å². The van der Waals surface area contributed by atoms with Crippen molar-refractivity contribution in [3.63, 3.8) is 0 Å². The number of anilines is 2. The van der Waals surface area contributed by atoms with E-state index in [1.807, 2.05) is 0 Å². The quantitative estimate of drug-likeness (QED) is 0.778. The summed E-state index contributed by atoms with van der Waals surface area (Å²) >= 11 is 0. The number of benzene rings is 2. The molecule has 2 aliphatic heterocycles. The van der Waals surface area contributed by atoms with Gasteiger partial charge in [-0.15, -0.1) is 0 Å². The minimum Gasteiger partial charge on any atom is -0.322 e. The summed E-state index contributed by atoms with van der Waals surface area (Å²) in [5, 5.41) is 2.33. The van der Waals surface area contributed by atoms with Crippen LogP contribution in [0.4, 0.5) is 20.2 Å². The molecule has 0 aromatic heterocycles. The van der Waals surface area contributed by atoms with Crippen molar-refractivity contribution in [3.8, 4) is 0 Å². The Hall–Kier alpha value is -2.85. The van der Waals surface area contributed by atoms with Crippen LogP contribution in [0, 0.1) is 11.6 Å². The van der Waals surface area contributed by atoms with Gasteiger partial charge < -0.3 is 5.32 Å². The fourth-order valence-corrected chi connectivity index (χ4v) is 5.64. The first-order valence-electron chi connectivity index (χ1n) is 9.87. The summed E-state index contributed by atoms with van der Waals surface area (Å²) in [5.41, 5.74) is 0.616. The number of sulfonamides is 1. The van der Waals surface area contributed by atoms with Gasteiger partial charge in [-0.3, -0.25) is 14.5 Å². The van der Waals surface area contributed by atoms with E-state index < -0.39 is 39.5 Å². The van der Waals surface area contributed by atoms with E-state index in [4.69, 9.17) is 0 Å². The van der Waals surface area contributed by atoms with Crippen molar-refractivity contribution in [2.24, 2.45) is 0 Å². The molecule has 2 aromatic carbocycles. The van der Waals surface area contributed by atoms with Gasteiger partial charge in [0.2, 0.25) is 21.8 Å². The van der Waals surface area contributed by atoms with Gasteiger partial charge in [-0.25, -0.2) is 17.2 Å². The van der Waals surface area contributed by atoms with Crippen LogP contribution in [0.3, 0.4) is 0 Å². The van der Waals surface area contributed by atoms with E-state index in [0.717, 1.165) is 31.0 Å². The average molecular weight is 449 g/mol. The molecule has 2 amide bonds. The van der Waals surface area contributed by atoms with Crippen molar-refractivity contribution >= 4 is 33.2 Å². The zero-order valence-electron chi connectivity index (χ0n) is 16.8. The Morgan fingerprint density at radius 3 is 2.45 bits per heavy atom. The normalized spacial score (nSPS) is 18.8. The summed E-state index contributed by atoms with van der Waals surface area (Å²) in [4.78, 5) is 26.5. The number of carbonyl (C=O) groups is 2. The molecule has 1 fully saturated rings. The zero-order valence-corrected chi connectivity index (χ0v) is 17.6. The number of nitrogens with one attached hydrogen (secondary N) is 1. The van der Waals surface area contributed by atoms with Crippen LogP contribution < -0.4 is 10.2 Å². The molecule has 0 aliphatic carbocycles. The van der Waals surface area contributed by atoms with E-state index in [9.17, 15) is 26.8 Å². The second-order valence-corrected chi connectivity index (χ2v) is 9.56. The van der Waals surface area contributed by atoms with Crippen LogP contribution in [0.2, 0.25) is 0 Å². The van der Waals surface area contributed by atoms with E-state index in [0.29, 0.717) is 24.3 Å². The standard InChI is InChI=1S/C21H21F2N3O4S/c1-13(27)26-19-7-5-16(31(29,30)25-8-2-3-9-25)10-14(19)11-20(26)21(28)24-18-12-15(22)4-6-17(18)23/h4-7,10,12,20H,2-3,8-9,11H2,1H3,(H,24,28)/t20-/m0/s1. The number of carbonyl (C=O) groups excluding carboxylic acids is 2. The summed E-state index contributed by atoms with van der Waals surface area (Å²) in [5.74, 6) is -2.64. The maximum atomic E-state index is 13.9. The first-order valence-corrected chi connectivity index (χ1v) is 11.3. The Morgan fingerprint density at radius 2 is 1.77 bits per heavy atom. The van der Waals surface area contributed by atoms with Gasteiger partial charge in [-0.05, 0) is 48.7 Å². The second-order valence-electron chi connectivity index (χ2n) is 7.62. The monoisotopic (exact) mass is 449 g/mol. The molecule has 164 valence electrons. The van der Waals surface area contributed by atoms with Gasteiger partial charge >= 0.3 is 0 Å². The third kappa shape index (κ3) is 3.92. The number of hydrogen-bond donors (Lipinski definition) is 1. The highest BCUT2D eigenvalue weighted by atomic mass is 32.2. The lowest BCUT2D eigenvalue weighted by atomic mass is 10.1. The molecular formula is C21H21F2N3O4S. The van der Waals surface area contributed by atoms with Gasteiger partial charge in [0.1, 0.15) is 17.7 Å². The van der Waals surface area contributed by atoms with Crippen LogP contribution >= 0.6 is 0 Å². The molecule has 2 heterocycles. The zero-order chi connectivity index (χ0) is 22.3. The van der Waals surface area contributed by atoms with Gasteiger partial charge in [0, 0.05) is 38.2 Å². The van der Waals surface area contributed by atoms with Crippen LogP contribution in [0.1, 0.15) is 25.3 Å². The number of amides is 2. The summed E-state index contributed by atoms with van der Waals surface area (Å²) < 4.78 is 54.5.